The molecule has 2 aromatic rings. The molecule has 128 valence electrons. The third kappa shape index (κ3) is 3.98. The van der Waals surface area contributed by atoms with E-state index >= 15 is 0 Å². The van der Waals surface area contributed by atoms with Crippen molar-refractivity contribution in [1.29, 1.82) is 0 Å². The van der Waals surface area contributed by atoms with E-state index < -0.39 is 0 Å². The second-order valence-corrected chi connectivity index (χ2v) is 5.25. The van der Waals surface area contributed by atoms with Crippen LogP contribution in [0.5, 0.6) is 17.2 Å². The molecule has 3 rings (SSSR count). The number of rotatable bonds is 6. The molecule has 6 heteroatoms. The maximum Gasteiger partial charge on any atom is 0.275 e. The first kappa shape index (κ1) is 16.6. The minimum atomic E-state index is -0.274. The molecule has 0 aromatic heterocycles. The summed E-state index contributed by atoms with van der Waals surface area (Å²) in [6, 6.07) is 14.7. The van der Waals surface area contributed by atoms with Gasteiger partial charge < -0.3 is 19.5 Å². The number of nitrogens with one attached hydrogen (secondary N) is 1. The van der Waals surface area contributed by atoms with E-state index in [4.69, 9.17) is 14.2 Å². The SMILES string of the molecule is COc1ccc(/C=C2/N=C(COc3ccccc3)NC2=O)c(OC)c1. The predicted molar refractivity (Wildman–Crippen MR) is 95.0 cm³/mol. The molecule has 0 fully saturated rings. The van der Waals surface area contributed by atoms with Crippen LogP contribution in [0.1, 0.15) is 5.56 Å². The summed E-state index contributed by atoms with van der Waals surface area (Å²) < 4.78 is 16.1. The molecule has 1 aliphatic heterocycles. The number of carbonyl (C=O) groups excluding carboxylic acids is 1. The number of ether oxygens (including phenoxy) is 3. The molecule has 0 aliphatic carbocycles. The summed E-state index contributed by atoms with van der Waals surface area (Å²) in [7, 11) is 3.15. The van der Waals surface area contributed by atoms with Gasteiger partial charge in [0.1, 0.15) is 35.4 Å². The number of carbonyl (C=O) groups is 1. The Morgan fingerprint density at radius 1 is 1.04 bits per heavy atom. The van der Waals surface area contributed by atoms with Crippen molar-refractivity contribution in [2.45, 2.75) is 0 Å². The van der Waals surface area contributed by atoms with Gasteiger partial charge in [-0.3, -0.25) is 4.79 Å². The van der Waals surface area contributed by atoms with Crippen LogP contribution in [-0.2, 0) is 4.79 Å². The molecule has 0 atom stereocenters. The van der Waals surface area contributed by atoms with Crippen LogP contribution in [0, 0.1) is 0 Å². The number of amides is 1. The van der Waals surface area contributed by atoms with Crippen LogP contribution in [0.15, 0.2) is 59.2 Å². The Bertz CT molecular complexity index is 829. The first-order chi connectivity index (χ1) is 12.2. The van der Waals surface area contributed by atoms with Gasteiger partial charge in [-0.15, -0.1) is 0 Å². The molecule has 0 unspecified atom stereocenters. The van der Waals surface area contributed by atoms with Gasteiger partial charge >= 0.3 is 0 Å². The molecular weight excluding hydrogens is 320 g/mol. The van der Waals surface area contributed by atoms with E-state index in [1.54, 1.807) is 32.4 Å². The number of nitrogens with zero attached hydrogens (tertiary/aromatic N) is 1. The van der Waals surface area contributed by atoms with Gasteiger partial charge in [0, 0.05) is 11.6 Å². The lowest BCUT2D eigenvalue weighted by Gasteiger charge is -2.07. The summed E-state index contributed by atoms with van der Waals surface area (Å²) in [6.07, 6.45) is 1.67. The zero-order valence-corrected chi connectivity index (χ0v) is 14.0. The van der Waals surface area contributed by atoms with Gasteiger partial charge in [0.2, 0.25) is 0 Å². The Morgan fingerprint density at radius 3 is 2.56 bits per heavy atom. The molecule has 0 radical (unpaired) electrons. The van der Waals surface area contributed by atoms with Gasteiger partial charge in [-0.25, -0.2) is 4.99 Å². The van der Waals surface area contributed by atoms with E-state index in [2.05, 4.69) is 10.3 Å². The highest BCUT2D eigenvalue weighted by molar-refractivity contribution is 6.14. The zero-order valence-electron chi connectivity index (χ0n) is 14.0. The Balaban J connectivity index is 1.76. The van der Waals surface area contributed by atoms with Gasteiger partial charge in [-0.1, -0.05) is 18.2 Å². The second kappa shape index (κ2) is 7.53. The van der Waals surface area contributed by atoms with Crippen LogP contribution in [0.4, 0.5) is 0 Å². The molecule has 6 nitrogen and oxygen atoms in total. The van der Waals surface area contributed by atoms with E-state index in [9.17, 15) is 4.79 Å². The molecule has 25 heavy (non-hydrogen) atoms. The monoisotopic (exact) mass is 338 g/mol. The molecule has 1 amide bonds. The Morgan fingerprint density at radius 2 is 1.84 bits per heavy atom. The largest absolute Gasteiger partial charge is 0.497 e. The Kier molecular flexibility index (Phi) is 4.99. The summed E-state index contributed by atoms with van der Waals surface area (Å²) in [5.41, 5.74) is 1.04. The van der Waals surface area contributed by atoms with Crippen LogP contribution in [0.25, 0.3) is 6.08 Å². The highest BCUT2D eigenvalue weighted by Crippen LogP contribution is 2.27. The predicted octanol–water partition coefficient (Wildman–Crippen LogP) is 2.65. The molecule has 2 aromatic carbocycles. The standard InChI is InChI=1S/C19H18N2O4/c1-23-15-9-8-13(17(11-15)24-2)10-16-19(22)21-18(20-16)12-25-14-6-4-3-5-7-14/h3-11H,12H2,1-2H3,(H,20,21,22)/b16-10+. The number of methoxy groups -OCH3 is 2. The van der Waals surface area contributed by atoms with Crippen molar-refractivity contribution in [1.82, 2.24) is 5.32 Å². The van der Waals surface area contributed by atoms with Crippen molar-refractivity contribution in [3.05, 3.63) is 59.8 Å². The number of hydrogen-bond donors (Lipinski definition) is 1. The third-order valence-electron chi connectivity index (χ3n) is 3.60. The van der Waals surface area contributed by atoms with E-state index in [0.717, 1.165) is 5.56 Å². The maximum atomic E-state index is 12.1. The fraction of sp³-hybridized carbons (Fsp3) is 0.158. The maximum absolute atomic E-state index is 12.1. The highest BCUT2D eigenvalue weighted by atomic mass is 16.5. The number of hydrogen-bond acceptors (Lipinski definition) is 5. The minimum absolute atomic E-state index is 0.187. The number of benzene rings is 2. The van der Waals surface area contributed by atoms with E-state index in [-0.39, 0.29) is 12.5 Å². The lowest BCUT2D eigenvalue weighted by Crippen LogP contribution is -2.28. The van der Waals surface area contributed by atoms with Gasteiger partial charge in [0.25, 0.3) is 5.91 Å². The molecule has 0 saturated heterocycles. The van der Waals surface area contributed by atoms with Crippen molar-refractivity contribution in [3.63, 3.8) is 0 Å². The van der Waals surface area contributed by atoms with Crippen molar-refractivity contribution in [2.75, 3.05) is 20.8 Å². The molecule has 1 N–H and O–H groups in total. The molecule has 1 aliphatic rings. The van der Waals surface area contributed by atoms with E-state index in [1.165, 1.54) is 0 Å². The molecule has 0 bridgehead atoms. The molecular formula is C19H18N2O4. The van der Waals surface area contributed by atoms with Crippen LogP contribution < -0.4 is 19.5 Å². The summed E-state index contributed by atoms with van der Waals surface area (Å²) in [4.78, 5) is 16.4. The summed E-state index contributed by atoms with van der Waals surface area (Å²) >= 11 is 0. The summed E-state index contributed by atoms with van der Waals surface area (Å²) in [6.45, 7) is 0.187. The van der Waals surface area contributed by atoms with Crippen LogP contribution in [0.2, 0.25) is 0 Å². The topological polar surface area (TPSA) is 69.2 Å². The van der Waals surface area contributed by atoms with Crippen LogP contribution in [0.3, 0.4) is 0 Å². The third-order valence-corrected chi connectivity index (χ3v) is 3.60. The smallest absolute Gasteiger partial charge is 0.275 e. The average Bonchev–Trinajstić information content (AvgIpc) is 3.00. The fourth-order valence-corrected chi connectivity index (χ4v) is 2.34. The molecule has 0 spiro atoms. The zero-order chi connectivity index (χ0) is 17.6. The summed E-state index contributed by atoms with van der Waals surface area (Å²) in [5, 5.41) is 2.71. The van der Waals surface area contributed by atoms with E-state index in [0.29, 0.717) is 28.8 Å². The van der Waals surface area contributed by atoms with Crippen LogP contribution in [-0.4, -0.2) is 32.6 Å². The first-order valence-corrected chi connectivity index (χ1v) is 7.70. The number of aliphatic imine (C=N–C) groups is 1. The van der Waals surface area contributed by atoms with Gasteiger partial charge in [-0.05, 0) is 30.3 Å². The van der Waals surface area contributed by atoms with Crippen LogP contribution >= 0.6 is 0 Å². The van der Waals surface area contributed by atoms with Gasteiger partial charge in [-0.2, -0.15) is 0 Å². The first-order valence-electron chi connectivity index (χ1n) is 7.70. The Hall–Kier alpha value is -3.28. The van der Waals surface area contributed by atoms with Gasteiger partial charge in [0.05, 0.1) is 14.2 Å². The second-order valence-electron chi connectivity index (χ2n) is 5.25. The number of para-hydroxylation sites is 1. The number of amidine groups is 1. The normalized spacial score (nSPS) is 14.9. The summed E-state index contributed by atoms with van der Waals surface area (Å²) in [5.74, 6) is 2.19. The van der Waals surface area contributed by atoms with E-state index in [1.807, 2.05) is 36.4 Å². The average molecular weight is 338 g/mol. The van der Waals surface area contributed by atoms with Crippen molar-refractivity contribution < 1.29 is 19.0 Å². The van der Waals surface area contributed by atoms with Crippen molar-refractivity contribution in [2.24, 2.45) is 4.99 Å². The minimum Gasteiger partial charge on any atom is -0.497 e. The van der Waals surface area contributed by atoms with Crippen molar-refractivity contribution in [3.8, 4) is 17.2 Å². The highest BCUT2D eigenvalue weighted by Gasteiger charge is 2.21. The molecule has 0 saturated carbocycles. The Labute approximate surface area is 145 Å². The van der Waals surface area contributed by atoms with Crippen molar-refractivity contribution >= 4 is 17.8 Å². The van der Waals surface area contributed by atoms with Gasteiger partial charge in [0.15, 0.2) is 0 Å². The lowest BCUT2D eigenvalue weighted by molar-refractivity contribution is -0.115. The fourth-order valence-electron chi connectivity index (χ4n) is 2.34. The molecule has 1 heterocycles. The quantitative estimate of drug-likeness (QED) is 0.822. The lowest BCUT2D eigenvalue weighted by atomic mass is 10.1.